The number of hydrogen-bond donors (Lipinski definition) is 2. The molecule has 0 spiro atoms. The van der Waals surface area contributed by atoms with Gasteiger partial charge in [-0.3, -0.25) is 14.1 Å². The second-order valence-electron chi connectivity index (χ2n) is 11.8. The number of amides is 2. The maximum atomic E-state index is 15.1. The van der Waals surface area contributed by atoms with E-state index in [9.17, 15) is 13.2 Å². The van der Waals surface area contributed by atoms with Gasteiger partial charge in [0.05, 0.1) is 11.4 Å². The van der Waals surface area contributed by atoms with Gasteiger partial charge in [0.2, 0.25) is 5.88 Å². The molecule has 2 amide bonds. The van der Waals surface area contributed by atoms with E-state index in [4.69, 9.17) is 8.97 Å². The lowest BCUT2D eigenvalue weighted by Crippen LogP contribution is -2.30. The molecule has 2 aliphatic rings. The fourth-order valence-corrected chi connectivity index (χ4v) is 7.95. The molecule has 1 aliphatic heterocycles. The quantitative estimate of drug-likeness (QED) is 0.165. The molecule has 1 heterocycles. The lowest BCUT2D eigenvalue weighted by Gasteiger charge is -2.39. The number of fused-ring (bicyclic) bond motifs is 1. The third-order valence-electron chi connectivity index (χ3n) is 7.62. The highest BCUT2D eigenvalue weighted by atomic mass is 32.3. The van der Waals surface area contributed by atoms with E-state index in [1.54, 1.807) is 35.2 Å². The molecular weight excluding hydrogens is 609 g/mol. The summed E-state index contributed by atoms with van der Waals surface area (Å²) in [6.07, 6.45) is 1.94. The van der Waals surface area contributed by atoms with Crippen LogP contribution in [0.4, 0.5) is 16.4 Å². The van der Waals surface area contributed by atoms with Crippen molar-refractivity contribution in [2.75, 3.05) is 23.5 Å². The first-order valence-corrected chi connectivity index (χ1v) is 18.0. The summed E-state index contributed by atoms with van der Waals surface area (Å²) in [6, 6.07) is 33.7. The highest BCUT2D eigenvalue weighted by Crippen LogP contribution is 2.62. The highest BCUT2D eigenvalue weighted by Gasteiger charge is 2.38. The van der Waals surface area contributed by atoms with Crippen LogP contribution in [-0.2, 0) is 15.5 Å². The standard InChI is InChI=1S/C35H36N2O6S2/c1-35(2,3)27-16-20-30(21-17-27)44(4,29-18-13-26(14-19-29)33(38)36-23-24-45(40,41)42)34(39)37(28-10-6-5-7-11-28)32-22-15-25-9-8-12-31(25)43-32/h5-22H,23-24H2,1-4H3,(H,36,38)(H,40,41,42). The summed E-state index contributed by atoms with van der Waals surface area (Å²) in [5.41, 5.74) is 2.93. The van der Waals surface area contributed by atoms with Crippen molar-refractivity contribution >= 4 is 42.9 Å². The van der Waals surface area contributed by atoms with E-state index in [1.807, 2.05) is 73.0 Å². The molecule has 1 unspecified atom stereocenters. The number of anilines is 2. The third kappa shape index (κ3) is 6.98. The van der Waals surface area contributed by atoms with Gasteiger partial charge in [0.15, 0.2) is 0 Å². The molecule has 0 saturated carbocycles. The molecule has 45 heavy (non-hydrogen) atoms. The second-order valence-corrected chi connectivity index (χ2v) is 16.5. The van der Waals surface area contributed by atoms with Crippen LogP contribution >= 0.6 is 10.0 Å². The van der Waals surface area contributed by atoms with Crippen LogP contribution in [-0.4, -0.2) is 42.7 Å². The number of rotatable bonds is 8. The van der Waals surface area contributed by atoms with Gasteiger partial charge < -0.3 is 9.73 Å². The summed E-state index contributed by atoms with van der Waals surface area (Å²) in [7, 11) is -6.67. The first-order chi connectivity index (χ1) is 21.3. The molecule has 10 heteroatoms. The largest absolute Gasteiger partial charge is 0.440 e. The number of para-hydroxylation sites is 1. The van der Waals surface area contributed by atoms with Gasteiger partial charge in [-0.25, -0.2) is 4.90 Å². The number of carbonyl (C=O) groups is 2. The zero-order chi connectivity index (χ0) is 32.4. The van der Waals surface area contributed by atoms with E-state index in [2.05, 4.69) is 38.2 Å². The van der Waals surface area contributed by atoms with Crippen molar-refractivity contribution in [1.82, 2.24) is 5.32 Å². The van der Waals surface area contributed by atoms with E-state index in [0.29, 0.717) is 22.9 Å². The van der Waals surface area contributed by atoms with Gasteiger partial charge >= 0.3 is 0 Å². The Labute approximate surface area is 265 Å². The Hall–Kier alpha value is -4.38. The van der Waals surface area contributed by atoms with Crippen molar-refractivity contribution in [3.8, 4) is 11.3 Å². The Morgan fingerprint density at radius 2 is 1.42 bits per heavy atom. The first-order valence-electron chi connectivity index (χ1n) is 14.4. The predicted octanol–water partition coefficient (Wildman–Crippen LogP) is 8.11. The van der Waals surface area contributed by atoms with Gasteiger partial charge in [-0.1, -0.05) is 63.2 Å². The molecule has 3 aromatic rings. The molecule has 1 atom stereocenters. The smallest absolute Gasteiger partial charge is 0.283 e. The number of benzene rings is 3. The third-order valence-corrected chi connectivity index (χ3v) is 11.7. The Morgan fingerprint density at radius 3 is 2.02 bits per heavy atom. The van der Waals surface area contributed by atoms with Gasteiger partial charge in [0, 0.05) is 33.5 Å². The Kier molecular flexibility index (Phi) is 8.93. The molecule has 0 aromatic heterocycles. The first kappa shape index (κ1) is 32.0. The molecule has 0 bridgehead atoms. The summed E-state index contributed by atoms with van der Waals surface area (Å²) in [4.78, 5) is 31.0. The zero-order valence-corrected chi connectivity index (χ0v) is 27.2. The Morgan fingerprint density at radius 1 is 0.800 bits per heavy atom. The van der Waals surface area contributed by atoms with Crippen LogP contribution in [0.2, 0.25) is 0 Å². The fraction of sp³-hybridized carbons (Fsp3) is 0.200. The van der Waals surface area contributed by atoms with E-state index in [0.717, 1.165) is 20.9 Å². The van der Waals surface area contributed by atoms with E-state index >= 15 is 4.79 Å². The number of carbonyl (C=O) groups excluding carboxylic acids is 2. The SMILES string of the molecule is CC(C)(C)c1ccc(S(C)(C(=O)N(c2ccccc2)c2ccc3cccc-3o2)c2ccc(C(=O)NCCS(=O)(=O)O)cc2)cc1. The molecule has 1 aliphatic carbocycles. The Bertz CT molecular complexity index is 1880. The molecule has 3 aromatic carbocycles. The van der Waals surface area contributed by atoms with Crippen molar-refractivity contribution in [1.29, 1.82) is 0 Å². The van der Waals surface area contributed by atoms with Gasteiger partial charge in [-0.05, 0) is 77.9 Å². The van der Waals surface area contributed by atoms with Crippen LogP contribution in [0.3, 0.4) is 0 Å². The van der Waals surface area contributed by atoms with Crippen LogP contribution in [0.5, 0.6) is 0 Å². The van der Waals surface area contributed by atoms with Crippen LogP contribution in [0.1, 0.15) is 36.7 Å². The molecule has 2 N–H and O–H groups in total. The van der Waals surface area contributed by atoms with Crippen LogP contribution in [0.25, 0.3) is 11.3 Å². The minimum absolute atomic E-state index is 0.0808. The molecule has 0 fully saturated rings. The normalized spacial score (nSPS) is 14.0. The number of nitrogens with zero attached hydrogens (tertiary/aromatic N) is 1. The molecule has 5 rings (SSSR count). The van der Waals surface area contributed by atoms with E-state index in [1.165, 1.54) is 0 Å². The maximum absolute atomic E-state index is 15.1. The predicted molar refractivity (Wildman–Crippen MR) is 180 cm³/mol. The lowest BCUT2D eigenvalue weighted by atomic mass is 9.87. The van der Waals surface area contributed by atoms with E-state index < -0.39 is 31.8 Å². The molecular formula is C35H36N2O6S2. The van der Waals surface area contributed by atoms with Crippen LogP contribution in [0.15, 0.2) is 123 Å². The molecule has 0 radical (unpaired) electrons. The average molecular weight is 645 g/mol. The zero-order valence-electron chi connectivity index (χ0n) is 25.6. The van der Waals surface area contributed by atoms with Crippen molar-refractivity contribution in [2.24, 2.45) is 0 Å². The van der Waals surface area contributed by atoms with Gasteiger partial charge in [0.25, 0.3) is 21.3 Å². The van der Waals surface area contributed by atoms with Crippen LogP contribution in [0, 0.1) is 0 Å². The minimum atomic E-state index is -4.20. The average Bonchev–Trinajstić information content (AvgIpc) is 3.48. The summed E-state index contributed by atoms with van der Waals surface area (Å²) >= 11 is 0. The fourth-order valence-electron chi connectivity index (χ4n) is 5.00. The van der Waals surface area contributed by atoms with Crippen LogP contribution < -0.4 is 10.2 Å². The lowest BCUT2D eigenvalue weighted by molar-refractivity contribution is 0.0956. The highest BCUT2D eigenvalue weighted by molar-refractivity contribution is 8.45. The van der Waals surface area contributed by atoms with Crippen molar-refractivity contribution in [3.05, 3.63) is 120 Å². The monoisotopic (exact) mass is 644 g/mol. The van der Waals surface area contributed by atoms with Gasteiger partial charge in [-0.15, -0.1) is 10.0 Å². The van der Waals surface area contributed by atoms with E-state index in [-0.39, 0.29) is 17.2 Å². The second kappa shape index (κ2) is 12.5. The van der Waals surface area contributed by atoms with Crippen molar-refractivity contribution in [3.63, 3.8) is 0 Å². The topological polar surface area (TPSA) is 117 Å². The molecule has 234 valence electrons. The number of nitrogens with one attached hydrogen (secondary N) is 1. The summed E-state index contributed by atoms with van der Waals surface area (Å²) < 4.78 is 37.4. The summed E-state index contributed by atoms with van der Waals surface area (Å²) in [6.45, 7) is 6.18. The van der Waals surface area contributed by atoms with Crippen molar-refractivity contribution in [2.45, 2.75) is 36.0 Å². The minimum Gasteiger partial charge on any atom is -0.440 e. The maximum Gasteiger partial charge on any atom is 0.283 e. The Balaban J connectivity index is 1.61. The molecule has 8 nitrogen and oxygen atoms in total. The van der Waals surface area contributed by atoms with Crippen molar-refractivity contribution < 1.29 is 27.0 Å². The molecule has 0 saturated heterocycles. The van der Waals surface area contributed by atoms with Gasteiger partial charge in [-0.2, -0.15) is 8.42 Å². The summed E-state index contributed by atoms with van der Waals surface area (Å²) in [5, 5.41) is 2.32. The number of hydrogen-bond acceptors (Lipinski definition) is 5. The summed E-state index contributed by atoms with van der Waals surface area (Å²) in [5.74, 6) is -0.0355. The van der Waals surface area contributed by atoms with Gasteiger partial charge in [0.1, 0.15) is 5.76 Å².